The molecule has 0 radical (unpaired) electrons. The zero-order valence-electron chi connectivity index (χ0n) is 12.6. The lowest BCUT2D eigenvalue weighted by molar-refractivity contribution is -0.122. The number of benzene rings is 1. The Bertz CT molecular complexity index is 847. The van der Waals surface area contributed by atoms with Gasteiger partial charge in [-0.15, -0.1) is 0 Å². The monoisotopic (exact) mass is 360 g/mol. The minimum Gasteiger partial charge on any atom is -0.382 e. The molecule has 2 aromatic rings. The maximum atomic E-state index is 13.8. The molecule has 1 atom stereocenters. The average Bonchev–Trinajstić information content (AvgIpc) is 2.91. The SMILES string of the molecule is NC(=O)c1cn(-c2ccc(F)c(C(F)F)c2)c2c1C(O)C(F)(F)CC2. The Kier molecular flexibility index (Phi) is 4.06. The van der Waals surface area contributed by atoms with Crippen LogP contribution in [0.4, 0.5) is 22.0 Å². The molecule has 1 aliphatic rings. The highest BCUT2D eigenvalue weighted by Crippen LogP contribution is 2.44. The molecule has 25 heavy (non-hydrogen) atoms. The first kappa shape index (κ1) is 17.4. The first-order valence-electron chi connectivity index (χ1n) is 7.31. The summed E-state index contributed by atoms with van der Waals surface area (Å²) in [5.74, 6) is -5.59. The van der Waals surface area contributed by atoms with Crippen LogP contribution in [0.1, 0.15) is 46.1 Å². The molecule has 1 aliphatic carbocycles. The van der Waals surface area contributed by atoms with Crippen molar-refractivity contribution in [2.24, 2.45) is 5.73 Å². The van der Waals surface area contributed by atoms with E-state index in [1.807, 2.05) is 0 Å². The van der Waals surface area contributed by atoms with Crippen molar-refractivity contribution in [3.05, 3.63) is 52.6 Å². The Morgan fingerprint density at radius 3 is 2.64 bits per heavy atom. The summed E-state index contributed by atoms with van der Waals surface area (Å²) in [4.78, 5) is 11.6. The standard InChI is InChI=1S/C16H13F5N2O2/c17-10-2-1-7(5-8(10)14(18)19)23-6-9(15(22)25)12-11(23)3-4-16(20,21)13(12)24/h1-2,5-6,13-14,24H,3-4H2,(H2,22,25). The van der Waals surface area contributed by atoms with Gasteiger partial charge in [0, 0.05) is 29.6 Å². The van der Waals surface area contributed by atoms with Crippen LogP contribution < -0.4 is 5.73 Å². The van der Waals surface area contributed by atoms with E-state index in [0.717, 1.165) is 18.3 Å². The number of nitrogens with zero attached hydrogens (tertiary/aromatic N) is 1. The van der Waals surface area contributed by atoms with E-state index in [2.05, 4.69) is 0 Å². The number of carbonyl (C=O) groups is 1. The molecule has 1 unspecified atom stereocenters. The molecule has 0 aliphatic heterocycles. The number of alkyl halides is 4. The van der Waals surface area contributed by atoms with Crippen molar-refractivity contribution in [2.45, 2.75) is 31.3 Å². The van der Waals surface area contributed by atoms with Gasteiger partial charge in [-0.05, 0) is 24.6 Å². The third-order valence-corrected chi connectivity index (χ3v) is 4.28. The zero-order valence-corrected chi connectivity index (χ0v) is 12.6. The van der Waals surface area contributed by atoms with E-state index in [1.54, 1.807) is 0 Å². The second kappa shape index (κ2) is 5.83. The third kappa shape index (κ3) is 2.78. The number of hydrogen-bond donors (Lipinski definition) is 2. The molecule has 134 valence electrons. The summed E-state index contributed by atoms with van der Waals surface area (Å²) < 4.78 is 68.1. The Morgan fingerprint density at radius 1 is 1.36 bits per heavy atom. The van der Waals surface area contributed by atoms with E-state index in [0.29, 0.717) is 0 Å². The third-order valence-electron chi connectivity index (χ3n) is 4.28. The highest BCUT2D eigenvalue weighted by Gasteiger charge is 2.46. The van der Waals surface area contributed by atoms with Gasteiger partial charge in [-0.2, -0.15) is 0 Å². The minimum absolute atomic E-state index is 0.0536. The lowest BCUT2D eigenvalue weighted by atomic mass is 9.89. The van der Waals surface area contributed by atoms with E-state index in [9.17, 15) is 31.9 Å². The van der Waals surface area contributed by atoms with E-state index in [1.165, 1.54) is 10.6 Å². The molecule has 4 nitrogen and oxygen atoms in total. The molecule has 0 bridgehead atoms. The van der Waals surface area contributed by atoms with Gasteiger partial charge in [0.1, 0.15) is 11.9 Å². The van der Waals surface area contributed by atoms with Gasteiger partial charge in [0.25, 0.3) is 18.3 Å². The largest absolute Gasteiger partial charge is 0.382 e. The van der Waals surface area contributed by atoms with Crippen LogP contribution in [0.15, 0.2) is 24.4 Å². The van der Waals surface area contributed by atoms with Gasteiger partial charge in [0.2, 0.25) is 0 Å². The number of aliphatic hydroxyl groups is 1. The summed E-state index contributed by atoms with van der Waals surface area (Å²) in [6.45, 7) is 0. The molecule has 9 heteroatoms. The van der Waals surface area contributed by atoms with E-state index >= 15 is 0 Å². The molecular formula is C16H13F5N2O2. The van der Waals surface area contributed by atoms with Crippen molar-refractivity contribution in [3.8, 4) is 5.69 Å². The number of rotatable bonds is 3. The van der Waals surface area contributed by atoms with Gasteiger partial charge in [0.15, 0.2) is 0 Å². The summed E-state index contributed by atoms with van der Waals surface area (Å²) in [5, 5.41) is 9.91. The fourth-order valence-electron chi connectivity index (χ4n) is 3.03. The van der Waals surface area contributed by atoms with Gasteiger partial charge in [-0.25, -0.2) is 22.0 Å². The van der Waals surface area contributed by atoms with Gasteiger partial charge in [-0.3, -0.25) is 4.79 Å². The average molecular weight is 360 g/mol. The maximum absolute atomic E-state index is 13.8. The van der Waals surface area contributed by atoms with Crippen LogP contribution in [-0.2, 0) is 6.42 Å². The molecule has 1 heterocycles. The fraction of sp³-hybridized carbons (Fsp3) is 0.312. The van der Waals surface area contributed by atoms with Crippen molar-refractivity contribution < 1.29 is 31.9 Å². The number of aliphatic hydroxyl groups excluding tert-OH is 1. The first-order chi connectivity index (χ1) is 11.6. The van der Waals surface area contributed by atoms with Crippen molar-refractivity contribution in [1.82, 2.24) is 4.57 Å². The van der Waals surface area contributed by atoms with Gasteiger partial charge >= 0.3 is 0 Å². The predicted molar refractivity (Wildman–Crippen MR) is 77.4 cm³/mol. The quantitative estimate of drug-likeness (QED) is 0.825. The Hall–Kier alpha value is -2.42. The van der Waals surface area contributed by atoms with Gasteiger partial charge < -0.3 is 15.4 Å². The second-order valence-corrected chi connectivity index (χ2v) is 5.81. The molecule has 1 aromatic heterocycles. The lowest BCUT2D eigenvalue weighted by Crippen LogP contribution is -2.33. The fourth-order valence-corrected chi connectivity index (χ4v) is 3.03. The number of nitrogens with two attached hydrogens (primary N) is 1. The van der Waals surface area contributed by atoms with Crippen LogP contribution in [0.25, 0.3) is 5.69 Å². The number of primary amides is 1. The van der Waals surface area contributed by atoms with Crippen molar-refractivity contribution in [1.29, 1.82) is 0 Å². The number of halogens is 5. The lowest BCUT2D eigenvalue weighted by Gasteiger charge is -2.29. The van der Waals surface area contributed by atoms with E-state index in [-0.39, 0.29) is 28.9 Å². The molecule has 1 amide bonds. The van der Waals surface area contributed by atoms with E-state index in [4.69, 9.17) is 5.73 Å². The smallest absolute Gasteiger partial charge is 0.278 e. The van der Waals surface area contributed by atoms with Crippen molar-refractivity contribution >= 4 is 5.91 Å². The van der Waals surface area contributed by atoms with Gasteiger partial charge in [0.05, 0.1) is 11.1 Å². The highest BCUT2D eigenvalue weighted by molar-refractivity contribution is 5.95. The normalized spacial score (nSPS) is 19.1. The molecule has 3 rings (SSSR count). The second-order valence-electron chi connectivity index (χ2n) is 5.81. The topological polar surface area (TPSA) is 68.2 Å². The zero-order chi connectivity index (χ0) is 18.5. The van der Waals surface area contributed by atoms with Crippen LogP contribution >= 0.6 is 0 Å². The molecule has 0 fully saturated rings. The molecule has 0 saturated heterocycles. The van der Waals surface area contributed by atoms with Crippen LogP contribution in [0.2, 0.25) is 0 Å². The van der Waals surface area contributed by atoms with Crippen LogP contribution in [0.3, 0.4) is 0 Å². The number of fused-ring (bicyclic) bond motifs is 1. The Balaban J connectivity index is 2.22. The van der Waals surface area contributed by atoms with Crippen LogP contribution in [-0.4, -0.2) is 21.5 Å². The Labute approximate surface area is 138 Å². The number of aromatic nitrogens is 1. The van der Waals surface area contributed by atoms with Crippen LogP contribution in [0, 0.1) is 5.82 Å². The molecule has 3 N–H and O–H groups in total. The summed E-state index contributed by atoms with van der Waals surface area (Å²) in [6.07, 6.45) is -5.12. The van der Waals surface area contributed by atoms with E-state index < -0.39 is 42.2 Å². The minimum atomic E-state index is -3.44. The van der Waals surface area contributed by atoms with Crippen LogP contribution in [0.5, 0.6) is 0 Å². The highest BCUT2D eigenvalue weighted by atomic mass is 19.3. The number of amides is 1. The predicted octanol–water partition coefficient (Wildman–Crippen LogP) is 3.27. The number of hydrogen-bond acceptors (Lipinski definition) is 2. The van der Waals surface area contributed by atoms with Gasteiger partial charge in [-0.1, -0.05) is 0 Å². The molecular weight excluding hydrogens is 347 g/mol. The summed E-state index contributed by atoms with van der Waals surface area (Å²) in [5.41, 5.74) is 3.88. The maximum Gasteiger partial charge on any atom is 0.278 e. The first-order valence-corrected chi connectivity index (χ1v) is 7.31. The van der Waals surface area contributed by atoms with Crippen molar-refractivity contribution in [3.63, 3.8) is 0 Å². The summed E-state index contributed by atoms with van der Waals surface area (Å²) in [7, 11) is 0. The summed E-state index contributed by atoms with van der Waals surface area (Å²) >= 11 is 0. The Morgan fingerprint density at radius 2 is 2.04 bits per heavy atom. The number of carbonyl (C=O) groups excluding carboxylic acids is 1. The molecule has 1 aromatic carbocycles. The molecule has 0 spiro atoms. The summed E-state index contributed by atoms with van der Waals surface area (Å²) in [6, 6.07) is 2.86. The molecule has 0 saturated carbocycles. The van der Waals surface area contributed by atoms with Crippen molar-refractivity contribution in [2.75, 3.05) is 0 Å².